The number of carbonyl (C=O) groups is 1. The first kappa shape index (κ1) is 14.7. The van der Waals surface area contributed by atoms with Crippen molar-refractivity contribution < 1.29 is 15.0 Å². The Morgan fingerprint density at radius 1 is 1.38 bits per heavy atom. The summed E-state index contributed by atoms with van der Waals surface area (Å²) in [6.45, 7) is 1.70. The van der Waals surface area contributed by atoms with Gasteiger partial charge in [-0.15, -0.1) is 0 Å². The molecule has 3 N–H and O–H groups in total. The predicted octanol–water partition coefficient (Wildman–Crippen LogP) is 3.35. The number of aromatic carboxylic acids is 1. The Kier molecular flexibility index (Phi) is 3.10. The molecule has 120 valence electrons. The van der Waals surface area contributed by atoms with Crippen LogP contribution in [-0.2, 0) is 0 Å². The molecule has 8 heteroatoms. The fourth-order valence-electron chi connectivity index (χ4n) is 2.95. The molecule has 0 radical (unpaired) electrons. The molecule has 3 aromatic heterocycles. The number of rotatable bonds is 2. The highest BCUT2D eigenvalue weighted by atomic mass is 79.9. The lowest BCUT2D eigenvalue weighted by Crippen LogP contribution is -1.95. The van der Waals surface area contributed by atoms with Gasteiger partial charge in [0.15, 0.2) is 5.88 Å². The standard InChI is InChI=1S/C16H11BrN4O3/c1-7-10(16(23)24)5-21-14(7)13(18-6-19-21)12-9-3-2-8(17)4-11(9)20-15(12)22/h2-6,20,22H,1H3,(H,23,24). The van der Waals surface area contributed by atoms with Crippen molar-refractivity contribution >= 4 is 38.3 Å². The summed E-state index contributed by atoms with van der Waals surface area (Å²) in [6.07, 6.45) is 2.78. The molecule has 24 heavy (non-hydrogen) atoms. The number of hydrogen-bond acceptors (Lipinski definition) is 4. The second-order valence-electron chi connectivity index (χ2n) is 5.41. The van der Waals surface area contributed by atoms with Gasteiger partial charge in [-0.05, 0) is 24.6 Å². The number of nitrogens with zero attached hydrogens (tertiary/aromatic N) is 3. The Hall–Kier alpha value is -2.87. The van der Waals surface area contributed by atoms with Crippen molar-refractivity contribution in [1.82, 2.24) is 19.6 Å². The minimum atomic E-state index is -1.03. The summed E-state index contributed by atoms with van der Waals surface area (Å²) in [5.41, 5.74) is 2.98. The molecule has 0 saturated carbocycles. The molecule has 0 aliphatic heterocycles. The van der Waals surface area contributed by atoms with Gasteiger partial charge in [0.2, 0.25) is 0 Å². The summed E-state index contributed by atoms with van der Waals surface area (Å²) in [6, 6.07) is 5.58. The lowest BCUT2D eigenvalue weighted by molar-refractivity contribution is 0.0696. The van der Waals surface area contributed by atoms with Crippen LogP contribution < -0.4 is 0 Å². The Labute approximate surface area is 143 Å². The summed E-state index contributed by atoms with van der Waals surface area (Å²) in [4.78, 5) is 18.6. The molecule has 0 spiro atoms. The average molecular weight is 387 g/mol. The highest BCUT2D eigenvalue weighted by Gasteiger charge is 2.22. The summed E-state index contributed by atoms with van der Waals surface area (Å²) in [5.74, 6) is -1.06. The molecule has 0 amide bonds. The number of aromatic amines is 1. The number of fused-ring (bicyclic) bond motifs is 2. The van der Waals surface area contributed by atoms with E-state index < -0.39 is 5.97 Å². The fourth-order valence-corrected chi connectivity index (χ4v) is 3.32. The number of aromatic hydroxyl groups is 1. The van der Waals surface area contributed by atoms with E-state index in [0.717, 1.165) is 15.4 Å². The van der Waals surface area contributed by atoms with E-state index in [2.05, 4.69) is 31.0 Å². The Bertz CT molecular complexity index is 1130. The fraction of sp³-hybridized carbons (Fsp3) is 0.0625. The number of benzene rings is 1. The summed E-state index contributed by atoms with van der Waals surface area (Å²) in [7, 11) is 0. The number of aromatic nitrogens is 4. The lowest BCUT2D eigenvalue weighted by atomic mass is 10.1. The Balaban J connectivity index is 2.11. The maximum absolute atomic E-state index is 11.4. The van der Waals surface area contributed by atoms with Crippen LogP contribution in [0.5, 0.6) is 5.88 Å². The molecular formula is C16H11BrN4O3. The molecule has 0 atom stereocenters. The first-order valence-corrected chi connectivity index (χ1v) is 7.83. The summed E-state index contributed by atoms with van der Waals surface area (Å²) >= 11 is 3.40. The molecule has 0 unspecified atom stereocenters. The van der Waals surface area contributed by atoms with Gasteiger partial charge in [0.1, 0.15) is 12.0 Å². The SMILES string of the molecule is Cc1c(C(=O)O)cn2ncnc(-c3c(O)[nH]c4cc(Br)ccc34)c12. The van der Waals surface area contributed by atoms with Gasteiger partial charge in [-0.2, -0.15) is 5.10 Å². The second-order valence-corrected chi connectivity index (χ2v) is 6.33. The van der Waals surface area contributed by atoms with Gasteiger partial charge < -0.3 is 15.2 Å². The molecule has 1 aromatic carbocycles. The van der Waals surface area contributed by atoms with Crippen molar-refractivity contribution in [3.63, 3.8) is 0 Å². The van der Waals surface area contributed by atoms with E-state index in [1.807, 2.05) is 18.2 Å². The number of hydrogen-bond donors (Lipinski definition) is 3. The van der Waals surface area contributed by atoms with Crippen LogP contribution in [0.25, 0.3) is 27.7 Å². The van der Waals surface area contributed by atoms with Crippen molar-refractivity contribution in [1.29, 1.82) is 0 Å². The molecule has 0 saturated heterocycles. The van der Waals surface area contributed by atoms with Crippen LogP contribution in [0.2, 0.25) is 0 Å². The summed E-state index contributed by atoms with van der Waals surface area (Å²) in [5, 5.41) is 24.6. The monoisotopic (exact) mass is 386 g/mol. The third kappa shape index (κ3) is 2.00. The van der Waals surface area contributed by atoms with Gasteiger partial charge in [0, 0.05) is 16.1 Å². The van der Waals surface area contributed by atoms with Crippen LogP contribution >= 0.6 is 15.9 Å². The van der Waals surface area contributed by atoms with E-state index >= 15 is 0 Å². The van der Waals surface area contributed by atoms with Crippen molar-refractivity contribution in [3.8, 4) is 17.1 Å². The second kappa shape index (κ2) is 5.07. The average Bonchev–Trinajstić information content (AvgIpc) is 3.04. The highest BCUT2D eigenvalue weighted by molar-refractivity contribution is 9.10. The Morgan fingerprint density at radius 2 is 2.17 bits per heavy atom. The zero-order valence-corrected chi connectivity index (χ0v) is 14.0. The van der Waals surface area contributed by atoms with Gasteiger partial charge >= 0.3 is 5.97 Å². The number of nitrogens with one attached hydrogen (secondary N) is 1. The quantitative estimate of drug-likeness (QED) is 0.490. The molecule has 4 aromatic rings. The molecule has 0 bridgehead atoms. The van der Waals surface area contributed by atoms with E-state index in [-0.39, 0.29) is 11.4 Å². The van der Waals surface area contributed by atoms with Gasteiger partial charge in [0.25, 0.3) is 0 Å². The smallest absolute Gasteiger partial charge is 0.337 e. The number of carboxylic acid groups (broad SMARTS) is 1. The zero-order valence-electron chi connectivity index (χ0n) is 12.4. The number of halogens is 1. The topological polar surface area (TPSA) is 104 Å². The first-order valence-electron chi connectivity index (χ1n) is 7.04. The van der Waals surface area contributed by atoms with E-state index in [0.29, 0.717) is 22.3 Å². The molecular weight excluding hydrogens is 376 g/mol. The van der Waals surface area contributed by atoms with Crippen molar-refractivity contribution in [2.24, 2.45) is 0 Å². The van der Waals surface area contributed by atoms with Gasteiger partial charge in [0.05, 0.1) is 22.2 Å². The van der Waals surface area contributed by atoms with Crippen LogP contribution in [-0.4, -0.2) is 35.8 Å². The van der Waals surface area contributed by atoms with Crippen LogP contribution in [0, 0.1) is 6.92 Å². The molecule has 3 heterocycles. The van der Waals surface area contributed by atoms with Gasteiger partial charge in [-0.1, -0.05) is 22.0 Å². The van der Waals surface area contributed by atoms with Gasteiger partial charge in [-0.25, -0.2) is 14.3 Å². The predicted molar refractivity (Wildman–Crippen MR) is 91.3 cm³/mol. The molecule has 0 aliphatic carbocycles. The van der Waals surface area contributed by atoms with Crippen LogP contribution in [0.15, 0.2) is 35.2 Å². The van der Waals surface area contributed by atoms with Gasteiger partial charge in [-0.3, -0.25) is 0 Å². The minimum absolute atomic E-state index is 0.0267. The van der Waals surface area contributed by atoms with Crippen LogP contribution in [0.4, 0.5) is 0 Å². The lowest BCUT2D eigenvalue weighted by Gasteiger charge is -2.04. The third-order valence-electron chi connectivity index (χ3n) is 4.03. The molecule has 4 rings (SSSR count). The zero-order chi connectivity index (χ0) is 17.0. The first-order chi connectivity index (χ1) is 11.5. The van der Waals surface area contributed by atoms with E-state index in [1.54, 1.807) is 6.92 Å². The van der Waals surface area contributed by atoms with E-state index in [4.69, 9.17) is 0 Å². The number of carboxylic acids is 1. The normalized spacial score (nSPS) is 11.4. The van der Waals surface area contributed by atoms with E-state index in [1.165, 1.54) is 17.0 Å². The highest BCUT2D eigenvalue weighted by Crippen LogP contribution is 2.39. The maximum Gasteiger partial charge on any atom is 0.337 e. The summed E-state index contributed by atoms with van der Waals surface area (Å²) < 4.78 is 2.35. The van der Waals surface area contributed by atoms with Crippen molar-refractivity contribution in [2.75, 3.05) is 0 Å². The molecule has 0 fully saturated rings. The van der Waals surface area contributed by atoms with Crippen molar-refractivity contribution in [3.05, 3.63) is 46.3 Å². The molecule has 0 aliphatic rings. The van der Waals surface area contributed by atoms with Crippen LogP contribution in [0.1, 0.15) is 15.9 Å². The largest absolute Gasteiger partial charge is 0.494 e. The van der Waals surface area contributed by atoms with Crippen LogP contribution in [0.3, 0.4) is 0 Å². The number of aryl methyl sites for hydroxylation is 1. The third-order valence-corrected chi connectivity index (χ3v) is 4.53. The number of H-pyrrole nitrogens is 1. The maximum atomic E-state index is 11.4. The minimum Gasteiger partial charge on any atom is -0.494 e. The van der Waals surface area contributed by atoms with Crippen molar-refractivity contribution in [2.45, 2.75) is 6.92 Å². The van der Waals surface area contributed by atoms with E-state index in [9.17, 15) is 15.0 Å². The Morgan fingerprint density at radius 3 is 2.92 bits per heavy atom. The molecule has 7 nitrogen and oxygen atoms in total.